The molecule has 1 N–H and O–H groups in total. The van der Waals surface area contributed by atoms with Gasteiger partial charge in [0, 0.05) is 6.04 Å². The minimum Gasteiger partial charge on any atom is -0.366 e. The van der Waals surface area contributed by atoms with Crippen molar-refractivity contribution in [3.8, 4) is 0 Å². The summed E-state index contributed by atoms with van der Waals surface area (Å²) in [4.78, 5) is 8.26. The Bertz CT molecular complexity index is 356. The zero-order valence-electron chi connectivity index (χ0n) is 9.78. The topological polar surface area (TPSA) is 37.8 Å². The van der Waals surface area contributed by atoms with Crippen LogP contribution >= 0.6 is 11.6 Å². The molecule has 1 fully saturated rings. The largest absolute Gasteiger partial charge is 0.366 e. The smallest absolute Gasteiger partial charge is 0.149 e. The Labute approximate surface area is 102 Å². The molecule has 1 saturated carbocycles. The lowest BCUT2D eigenvalue weighted by Crippen LogP contribution is -2.35. The maximum Gasteiger partial charge on any atom is 0.149 e. The lowest BCUT2D eigenvalue weighted by atomic mass is 9.78. The van der Waals surface area contributed by atoms with Crippen LogP contribution in [0.15, 0.2) is 12.4 Å². The Kier molecular flexibility index (Phi) is 3.64. The fourth-order valence-corrected chi connectivity index (χ4v) is 2.53. The molecular formula is C12H18ClN3. The molecule has 0 amide bonds. The second kappa shape index (κ2) is 5.00. The van der Waals surface area contributed by atoms with E-state index in [1.807, 2.05) is 0 Å². The molecule has 1 aliphatic rings. The molecule has 2 rings (SSSR count). The van der Waals surface area contributed by atoms with Crippen LogP contribution in [0.1, 0.15) is 33.1 Å². The van der Waals surface area contributed by atoms with E-state index in [2.05, 4.69) is 29.1 Å². The molecule has 1 aromatic rings. The highest BCUT2D eigenvalue weighted by atomic mass is 35.5. The van der Waals surface area contributed by atoms with Gasteiger partial charge in [0.1, 0.15) is 11.0 Å². The number of halogens is 1. The van der Waals surface area contributed by atoms with Gasteiger partial charge in [-0.2, -0.15) is 0 Å². The van der Waals surface area contributed by atoms with Crippen LogP contribution in [-0.2, 0) is 0 Å². The van der Waals surface area contributed by atoms with Crippen molar-refractivity contribution in [1.29, 1.82) is 0 Å². The Balaban J connectivity index is 2.03. The van der Waals surface area contributed by atoms with Crippen LogP contribution in [0, 0.1) is 11.8 Å². The summed E-state index contributed by atoms with van der Waals surface area (Å²) in [5.41, 5.74) is 0. The van der Waals surface area contributed by atoms with E-state index in [1.165, 1.54) is 19.3 Å². The van der Waals surface area contributed by atoms with Crippen LogP contribution in [0.3, 0.4) is 0 Å². The number of aromatic nitrogens is 2. The van der Waals surface area contributed by atoms with E-state index in [-0.39, 0.29) is 0 Å². The van der Waals surface area contributed by atoms with Crippen molar-refractivity contribution >= 4 is 17.4 Å². The van der Waals surface area contributed by atoms with Gasteiger partial charge < -0.3 is 5.32 Å². The molecule has 3 nitrogen and oxygen atoms in total. The van der Waals surface area contributed by atoms with Crippen LogP contribution in [0.4, 0.5) is 5.82 Å². The van der Waals surface area contributed by atoms with Crippen molar-refractivity contribution in [3.05, 3.63) is 17.5 Å². The second-order valence-corrected chi connectivity index (χ2v) is 5.13. The molecule has 3 atom stereocenters. The molecule has 4 heteroatoms. The normalized spacial score (nSPS) is 30.1. The van der Waals surface area contributed by atoms with Crippen molar-refractivity contribution in [1.82, 2.24) is 9.97 Å². The molecule has 0 aliphatic heterocycles. The lowest BCUT2D eigenvalue weighted by molar-refractivity contribution is 0.253. The summed E-state index contributed by atoms with van der Waals surface area (Å²) in [5.74, 6) is 2.24. The molecule has 1 heterocycles. The minimum atomic E-state index is 0.446. The van der Waals surface area contributed by atoms with Gasteiger partial charge in [-0.15, -0.1) is 0 Å². The zero-order valence-corrected chi connectivity index (χ0v) is 10.5. The summed E-state index contributed by atoms with van der Waals surface area (Å²) < 4.78 is 0. The maximum atomic E-state index is 5.81. The second-order valence-electron chi connectivity index (χ2n) is 4.75. The number of hydrogen-bond donors (Lipinski definition) is 1. The molecular weight excluding hydrogens is 222 g/mol. The molecule has 1 aromatic heterocycles. The lowest BCUT2D eigenvalue weighted by Gasteiger charge is -2.34. The molecule has 0 bridgehead atoms. The van der Waals surface area contributed by atoms with Gasteiger partial charge >= 0.3 is 0 Å². The average Bonchev–Trinajstić information content (AvgIpc) is 2.25. The molecule has 16 heavy (non-hydrogen) atoms. The van der Waals surface area contributed by atoms with Gasteiger partial charge in [0.15, 0.2) is 0 Å². The zero-order chi connectivity index (χ0) is 11.5. The van der Waals surface area contributed by atoms with Gasteiger partial charge in [0.05, 0.1) is 12.4 Å². The van der Waals surface area contributed by atoms with Gasteiger partial charge in [0.25, 0.3) is 0 Å². The molecule has 0 saturated heterocycles. The monoisotopic (exact) mass is 239 g/mol. The van der Waals surface area contributed by atoms with Crippen LogP contribution in [0.5, 0.6) is 0 Å². The third-order valence-corrected chi connectivity index (χ3v) is 3.83. The fraction of sp³-hybridized carbons (Fsp3) is 0.667. The van der Waals surface area contributed by atoms with E-state index in [1.54, 1.807) is 12.4 Å². The first-order valence-corrected chi connectivity index (χ1v) is 6.28. The number of rotatable bonds is 2. The van der Waals surface area contributed by atoms with Crippen LogP contribution in [0.25, 0.3) is 0 Å². The summed E-state index contributed by atoms with van der Waals surface area (Å²) in [6.45, 7) is 4.63. The fourth-order valence-electron chi connectivity index (χ4n) is 2.39. The average molecular weight is 240 g/mol. The third-order valence-electron chi connectivity index (χ3n) is 3.65. The predicted octanol–water partition coefficient (Wildman–Crippen LogP) is 3.37. The van der Waals surface area contributed by atoms with Gasteiger partial charge in [-0.05, 0) is 18.3 Å². The van der Waals surface area contributed by atoms with Crippen molar-refractivity contribution in [2.45, 2.75) is 39.2 Å². The van der Waals surface area contributed by atoms with Crippen LogP contribution in [-0.4, -0.2) is 16.0 Å². The van der Waals surface area contributed by atoms with E-state index in [9.17, 15) is 0 Å². The molecule has 0 spiro atoms. The quantitative estimate of drug-likeness (QED) is 0.860. The van der Waals surface area contributed by atoms with Crippen molar-refractivity contribution in [3.63, 3.8) is 0 Å². The standard InChI is InChI=1S/C12H18ClN3/c1-8-4-3-5-10(9(8)2)15-12-7-14-6-11(13)16-12/h6-10H,3-5H2,1-2H3,(H,15,16). The number of anilines is 1. The highest BCUT2D eigenvalue weighted by Gasteiger charge is 2.27. The van der Waals surface area contributed by atoms with Crippen molar-refractivity contribution in [2.24, 2.45) is 11.8 Å². The third kappa shape index (κ3) is 2.64. The Morgan fingerprint density at radius 3 is 2.88 bits per heavy atom. The predicted molar refractivity (Wildman–Crippen MR) is 66.6 cm³/mol. The molecule has 0 radical (unpaired) electrons. The molecule has 88 valence electrons. The summed E-state index contributed by atoms with van der Waals surface area (Å²) >= 11 is 5.81. The van der Waals surface area contributed by atoms with Gasteiger partial charge in [-0.1, -0.05) is 38.3 Å². The SMILES string of the molecule is CC1CCCC(Nc2cncc(Cl)n2)C1C. The minimum absolute atomic E-state index is 0.446. The Hall–Kier alpha value is -0.830. The summed E-state index contributed by atoms with van der Waals surface area (Å²) in [5, 5.41) is 3.89. The van der Waals surface area contributed by atoms with E-state index in [0.29, 0.717) is 17.1 Å². The Morgan fingerprint density at radius 2 is 2.12 bits per heavy atom. The van der Waals surface area contributed by atoms with Crippen molar-refractivity contribution in [2.75, 3.05) is 5.32 Å². The number of nitrogens with one attached hydrogen (secondary N) is 1. The first-order chi connectivity index (χ1) is 7.66. The summed E-state index contributed by atoms with van der Waals surface area (Å²) in [6.07, 6.45) is 7.12. The van der Waals surface area contributed by atoms with E-state index in [0.717, 1.165) is 11.7 Å². The van der Waals surface area contributed by atoms with Crippen LogP contribution < -0.4 is 5.32 Å². The highest BCUT2D eigenvalue weighted by Crippen LogP contribution is 2.31. The molecule has 0 aromatic carbocycles. The molecule has 3 unspecified atom stereocenters. The first-order valence-electron chi connectivity index (χ1n) is 5.91. The van der Waals surface area contributed by atoms with E-state index in [4.69, 9.17) is 11.6 Å². The van der Waals surface area contributed by atoms with Crippen LogP contribution in [0.2, 0.25) is 5.15 Å². The Morgan fingerprint density at radius 1 is 1.31 bits per heavy atom. The number of hydrogen-bond acceptors (Lipinski definition) is 3. The summed E-state index contributed by atoms with van der Waals surface area (Å²) in [6, 6.07) is 0.497. The van der Waals surface area contributed by atoms with Crippen molar-refractivity contribution < 1.29 is 0 Å². The summed E-state index contributed by atoms with van der Waals surface area (Å²) in [7, 11) is 0. The highest BCUT2D eigenvalue weighted by molar-refractivity contribution is 6.29. The van der Waals surface area contributed by atoms with E-state index < -0.39 is 0 Å². The number of nitrogens with zero attached hydrogens (tertiary/aromatic N) is 2. The maximum absolute atomic E-state index is 5.81. The van der Waals surface area contributed by atoms with E-state index >= 15 is 0 Å². The molecule has 1 aliphatic carbocycles. The van der Waals surface area contributed by atoms with Gasteiger partial charge in [-0.3, -0.25) is 4.98 Å². The van der Waals surface area contributed by atoms with Gasteiger partial charge in [-0.25, -0.2) is 4.98 Å². The first kappa shape index (κ1) is 11.6. The van der Waals surface area contributed by atoms with Gasteiger partial charge in [0.2, 0.25) is 0 Å².